The lowest BCUT2D eigenvalue weighted by atomic mass is 9.52. The Hall–Kier alpha value is -2.18. The van der Waals surface area contributed by atoms with Gasteiger partial charge >= 0.3 is 11.9 Å². The van der Waals surface area contributed by atoms with Gasteiger partial charge in [0.2, 0.25) is 0 Å². The molecule has 2 saturated heterocycles. The predicted molar refractivity (Wildman–Crippen MR) is 106 cm³/mol. The van der Waals surface area contributed by atoms with E-state index in [1.165, 1.54) is 17.7 Å². The van der Waals surface area contributed by atoms with Crippen LogP contribution in [0.25, 0.3) is 0 Å². The van der Waals surface area contributed by atoms with Crippen LogP contribution in [0.1, 0.15) is 40.0 Å². The first-order valence-corrected chi connectivity index (χ1v) is 10.1. The van der Waals surface area contributed by atoms with Crippen LogP contribution in [0.4, 0.5) is 0 Å². The van der Waals surface area contributed by atoms with E-state index in [2.05, 4.69) is 26.8 Å². The molecule has 29 heavy (non-hydrogen) atoms. The van der Waals surface area contributed by atoms with Crippen LogP contribution in [0.15, 0.2) is 48.1 Å². The molecule has 3 fully saturated rings. The Kier molecular flexibility index (Phi) is 4.82. The zero-order valence-electron chi connectivity index (χ0n) is 17.1. The lowest BCUT2D eigenvalue weighted by Crippen LogP contribution is -2.63. The van der Waals surface area contributed by atoms with Crippen LogP contribution in [-0.2, 0) is 23.8 Å². The maximum Gasteiger partial charge on any atom is 0.331 e. The Balaban J connectivity index is 1.51. The maximum absolute atomic E-state index is 12.5. The minimum Gasteiger partial charge on any atom is -0.478 e. The van der Waals surface area contributed by atoms with Gasteiger partial charge in [0.1, 0.15) is 11.7 Å². The van der Waals surface area contributed by atoms with E-state index in [4.69, 9.17) is 19.3 Å². The largest absolute Gasteiger partial charge is 0.478 e. The van der Waals surface area contributed by atoms with Gasteiger partial charge in [-0.05, 0) is 19.8 Å². The number of carbonyl (C=O) groups excluding carboxylic acids is 1. The number of allylic oxidation sites excluding steroid dienone is 5. The highest BCUT2D eigenvalue weighted by atomic mass is 16.6. The van der Waals surface area contributed by atoms with E-state index < -0.39 is 11.9 Å². The molecule has 0 unspecified atom stereocenters. The molecule has 2 aliphatic carbocycles. The molecule has 4 aliphatic rings. The van der Waals surface area contributed by atoms with Gasteiger partial charge in [-0.1, -0.05) is 49.8 Å². The van der Waals surface area contributed by atoms with Gasteiger partial charge in [0.15, 0.2) is 0 Å². The minimum absolute atomic E-state index is 0.0178. The van der Waals surface area contributed by atoms with E-state index >= 15 is 0 Å². The zero-order chi connectivity index (χ0) is 20.9. The highest BCUT2D eigenvalue weighted by Crippen LogP contribution is 2.71. The van der Waals surface area contributed by atoms with Crippen LogP contribution in [-0.4, -0.2) is 47.6 Å². The van der Waals surface area contributed by atoms with E-state index in [9.17, 15) is 9.59 Å². The molecule has 2 bridgehead atoms. The Bertz CT molecular complexity index is 832. The highest BCUT2D eigenvalue weighted by molar-refractivity contribution is 5.82. The molecule has 4 rings (SSSR count). The number of carboxylic acids is 1. The molecular formula is C23H28O6. The second-order valence-corrected chi connectivity index (χ2v) is 8.96. The van der Waals surface area contributed by atoms with Crippen molar-refractivity contribution >= 4 is 11.9 Å². The van der Waals surface area contributed by atoms with Gasteiger partial charge in [0.25, 0.3) is 0 Å². The van der Waals surface area contributed by atoms with Crippen LogP contribution in [0, 0.1) is 10.8 Å². The first kappa shape index (κ1) is 20.1. The summed E-state index contributed by atoms with van der Waals surface area (Å²) in [6.45, 7) is 7.26. The van der Waals surface area contributed by atoms with E-state index in [1.807, 2.05) is 0 Å². The smallest absolute Gasteiger partial charge is 0.331 e. The van der Waals surface area contributed by atoms with Crippen molar-refractivity contribution in [2.24, 2.45) is 10.8 Å². The molecule has 0 aromatic carbocycles. The summed E-state index contributed by atoms with van der Waals surface area (Å²) in [6.07, 6.45) is 13.0. The SMILES string of the molecule is CC1=C[C@H]2O[C@H]3C[C@@H](OC(=O)\C=C/C=C/C=C/C(=O)O)[C@](C)([C@@]2(C)CC1)[C@]31CO1. The van der Waals surface area contributed by atoms with Gasteiger partial charge in [0, 0.05) is 29.4 Å². The number of epoxide rings is 1. The van der Waals surface area contributed by atoms with Crippen molar-refractivity contribution in [1.82, 2.24) is 0 Å². The second kappa shape index (κ2) is 6.96. The van der Waals surface area contributed by atoms with Gasteiger partial charge in [-0.25, -0.2) is 9.59 Å². The number of aliphatic carboxylic acids is 1. The van der Waals surface area contributed by atoms with Gasteiger partial charge in [-0.3, -0.25) is 0 Å². The average molecular weight is 400 g/mol. The fraction of sp³-hybridized carbons (Fsp3) is 0.565. The molecule has 156 valence electrons. The van der Waals surface area contributed by atoms with Crippen molar-refractivity contribution in [3.8, 4) is 0 Å². The highest BCUT2D eigenvalue weighted by Gasteiger charge is 2.81. The summed E-state index contributed by atoms with van der Waals surface area (Å²) in [7, 11) is 0. The monoisotopic (exact) mass is 400 g/mol. The third-order valence-electron chi connectivity index (χ3n) is 7.59. The van der Waals surface area contributed by atoms with Crippen LogP contribution in [0.3, 0.4) is 0 Å². The Morgan fingerprint density at radius 2 is 1.90 bits per heavy atom. The van der Waals surface area contributed by atoms with Crippen molar-refractivity contribution in [1.29, 1.82) is 0 Å². The molecule has 6 heteroatoms. The molecule has 1 saturated carbocycles. The number of rotatable bonds is 5. The van der Waals surface area contributed by atoms with Gasteiger partial charge < -0.3 is 19.3 Å². The third-order valence-corrected chi connectivity index (χ3v) is 7.59. The van der Waals surface area contributed by atoms with Crippen LogP contribution in [0.2, 0.25) is 0 Å². The summed E-state index contributed by atoms with van der Waals surface area (Å²) in [5.41, 5.74) is 0.525. The predicted octanol–water partition coefficient (Wildman–Crippen LogP) is 3.34. The minimum atomic E-state index is -1.02. The van der Waals surface area contributed by atoms with E-state index in [0.29, 0.717) is 13.0 Å². The molecule has 1 N–H and O–H groups in total. The van der Waals surface area contributed by atoms with Crippen molar-refractivity contribution in [2.45, 2.75) is 63.9 Å². The summed E-state index contributed by atoms with van der Waals surface area (Å²) in [5.74, 6) is -1.43. The topological polar surface area (TPSA) is 85.4 Å². The first-order valence-electron chi connectivity index (χ1n) is 10.1. The molecule has 6 nitrogen and oxygen atoms in total. The molecule has 2 aliphatic heterocycles. The van der Waals surface area contributed by atoms with Crippen LogP contribution in [0.5, 0.6) is 0 Å². The summed E-state index contributed by atoms with van der Waals surface area (Å²) in [4.78, 5) is 22.9. The molecule has 0 aromatic heterocycles. The summed E-state index contributed by atoms with van der Waals surface area (Å²) >= 11 is 0. The van der Waals surface area contributed by atoms with Crippen LogP contribution >= 0.6 is 0 Å². The summed E-state index contributed by atoms with van der Waals surface area (Å²) < 4.78 is 18.4. The average Bonchev–Trinajstić information content (AvgIpc) is 3.43. The third kappa shape index (κ3) is 3.01. The molecule has 0 amide bonds. The second-order valence-electron chi connectivity index (χ2n) is 8.96. The van der Waals surface area contributed by atoms with E-state index in [-0.39, 0.29) is 34.7 Å². The van der Waals surface area contributed by atoms with E-state index in [1.54, 1.807) is 18.2 Å². The normalized spacial score (nSPS) is 43.1. The number of fused-ring (bicyclic) bond motifs is 2. The van der Waals surface area contributed by atoms with Crippen molar-refractivity contribution in [3.05, 3.63) is 48.1 Å². The Labute approximate surface area is 170 Å². The zero-order valence-corrected chi connectivity index (χ0v) is 17.1. The first-order chi connectivity index (χ1) is 13.7. The molecule has 0 radical (unpaired) electrons. The number of carbonyl (C=O) groups is 2. The maximum atomic E-state index is 12.5. The lowest BCUT2D eigenvalue weighted by Gasteiger charge is -2.57. The lowest BCUT2D eigenvalue weighted by molar-refractivity contribution is -0.209. The summed E-state index contributed by atoms with van der Waals surface area (Å²) in [5, 5.41) is 8.54. The quantitative estimate of drug-likeness (QED) is 0.250. The van der Waals surface area contributed by atoms with Gasteiger partial charge in [-0.2, -0.15) is 0 Å². The number of carboxylic acid groups (broad SMARTS) is 1. The van der Waals surface area contributed by atoms with Crippen molar-refractivity contribution in [2.75, 3.05) is 6.61 Å². The fourth-order valence-corrected chi connectivity index (χ4v) is 5.60. The number of ether oxygens (including phenoxy) is 3. The van der Waals surface area contributed by atoms with Crippen molar-refractivity contribution < 1.29 is 28.9 Å². The summed E-state index contributed by atoms with van der Waals surface area (Å²) in [6, 6.07) is 0. The molecule has 1 spiro atoms. The van der Waals surface area contributed by atoms with Crippen LogP contribution < -0.4 is 0 Å². The Morgan fingerprint density at radius 3 is 2.55 bits per heavy atom. The van der Waals surface area contributed by atoms with Gasteiger partial charge in [-0.15, -0.1) is 0 Å². The van der Waals surface area contributed by atoms with Crippen molar-refractivity contribution in [3.63, 3.8) is 0 Å². The molecule has 0 aromatic rings. The number of esters is 1. The molecule has 2 heterocycles. The number of hydrogen-bond donors (Lipinski definition) is 1. The number of hydrogen-bond acceptors (Lipinski definition) is 5. The fourth-order valence-electron chi connectivity index (χ4n) is 5.60. The Morgan fingerprint density at radius 1 is 1.21 bits per heavy atom. The standard InChI is InChI=1S/C23H28O6/c1-15-10-11-21(2)16(12-15)28-18-13-17(22(21,3)23(18)14-27-23)29-20(26)9-7-5-4-6-8-19(24)25/h4-9,12,16-18H,10-11,13-14H2,1-3H3,(H,24,25)/b5-4+,8-6+,9-7-/t16-,17-,18+,21+,22-,23+/m1/s1. The molecular weight excluding hydrogens is 372 g/mol. The molecule has 6 atom stereocenters. The van der Waals surface area contributed by atoms with E-state index in [0.717, 1.165) is 18.9 Å². The van der Waals surface area contributed by atoms with Gasteiger partial charge in [0.05, 0.1) is 18.8 Å².